The number of piperidine rings is 2. The van der Waals surface area contributed by atoms with Gasteiger partial charge in [0.15, 0.2) is 0 Å². The van der Waals surface area contributed by atoms with Crippen LogP contribution < -0.4 is 21.7 Å². The number of likely N-dealkylation sites (tertiary alicyclic amines) is 1. The number of carbonyl (C=O) groups is 1. The van der Waals surface area contributed by atoms with Crippen LogP contribution in [0.5, 0.6) is 0 Å². The molecule has 0 spiro atoms. The lowest BCUT2D eigenvalue weighted by Crippen LogP contribution is -2.70. The summed E-state index contributed by atoms with van der Waals surface area (Å²) in [5.41, 5.74) is 6.92. The van der Waals surface area contributed by atoms with E-state index in [-0.39, 0.29) is 29.4 Å². The van der Waals surface area contributed by atoms with Crippen LogP contribution in [-0.2, 0) is 4.79 Å². The van der Waals surface area contributed by atoms with Gasteiger partial charge >= 0.3 is 0 Å². The van der Waals surface area contributed by atoms with Gasteiger partial charge in [0.1, 0.15) is 6.17 Å². The number of halogens is 1. The molecule has 2 bridgehead atoms. The minimum Gasteiger partial charge on any atom is -0.350 e. The van der Waals surface area contributed by atoms with Gasteiger partial charge in [0.05, 0.1) is 18.1 Å². The van der Waals surface area contributed by atoms with Crippen LogP contribution in [0.15, 0.2) is 0 Å². The summed E-state index contributed by atoms with van der Waals surface area (Å²) in [6.45, 7) is 12.0. The molecule has 230 valence electrons. The molecule has 5 rings (SSSR count). The van der Waals surface area contributed by atoms with Gasteiger partial charge in [0.25, 0.3) is 0 Å². The Labute approximate surface area is 243 Å². The van der Waals surface area contributed by atoms with E-state index >= 15 is 4.39 Å². The lowest BCUT2D eigenvalue weighted by atomic mass is 9.72. The number of amides is 1. The Kier molecular flexibility index (Phi) is 10.5. The molecule has 1 aliphatic carbocycles. The molecule has 5 N–H and O–H groups in total. The maximum atomic E-state index is 15.1. The van der Waals surface area contributed by atoms with Crippen molar-refractivity contribution in [2.45, 2.75) is 134 Å². The first-order valence-electron chi connectivity index (χ1n) is 17.0. The summed E-state index contributed by atoms with van der Waals surface area (Å²) in [6.07, 6.45) is 12.7. The smallest absolute Gasteiger partial charge is 0.227 e. The van der Waals surface area contributed by atoms with Crippen molar-refractivity contribution in [3.05, 3.63) is 0 Å². The van der Waals surface area contributed by atoms with Crippen LogP contribution in [0.2, 0.25) is 0 Å². The number of fused-ring (bicyclic) bond motifs is 3. The fraction of sp³-hybridized carbons (Fsp3) is 0.969. The van der Waals surface area contributed by atoms with E-state index in [1.807, 2.05) is 0 Å². The number of nitrogens with two attached hydrogens (primary N) is 1. The van der Waals surface area contributed by atoms with Crippen molar-refractivity contribution in [1.82, 2.24) is 25.8 Å². The third-order valence-electron chi connectivity index (χ3n) is 11.6. The summed E-state index contributed by atoms with van der Waals surface area (Å²) in [5.74, 6) is 0.942. The Bertz CT molecular complexity index is 819. The van der Waals surface area contributed by atoms with E-state index in [0.29, 0.717) is 24.9 Å². The standard InChI is InChI=1S/C32H59FN6O/c1-4-15-32(3)21-39-20-24(33)13-14-27(32)37-30(34)28(22(39)2)31(40)36-26-19-35-18-25(23-11-7-5-8-12-23)29(26)38-16-9-6-10-17-38/h22-30,35,37H,4-21,34H2,1-3H3,(H,36,40). The first-order chi connectivity index (χ1) is 19.3. The first-order valence-corrected chi connectivity index (χ1v) is 17.0. The number of carbonyl (C=O) groups excluding carboxylic acids is 1. The minimum absolute atomic E-state index is 0.0160. The highest BCUT2D eigenvalue weighted by atomic mass is 19.1. The molecular weight excluding hydrogens is 503 g/mol. The van der Waals surface area contributed by atoms with Crippen molar-refractivity contribution in [2.75, 3.05) is 39.3 Å². The topological polar surface area (TPSA) is 85.7 Å². The van der Waals surface area contributed by atoms with Crippen molar-refractivity contribution < 1.29 is 9.18 Å². The molecule has 40 heavy (non-hydrogen) atoms. The van der Waals surface area contributed by atoms with Gasteiger partial charge in [-0.2, -0.15) is 0 Å². The average molecular weight is 563 g/mol. The summed E-state index contributed by atoms with van der Waals surface area (Å²) >= 11 is 0. The third-order valence-corrected chi connectivity index (χ3v) is 11.6. The summed E-state index contributed by atoms with van der Waals surface area (Å²) in [5, 5.41) is 11.0. The molecule has 0 aromatic rings. The predicted octanol–water partition coefficient (Wildman–Crippen LogP) is 3.63. The molecule has 4 saturated heterocycles. The molecule has 4 aliphatic heterocycles. The maximum Gasteiger partial charge on any atom is 0.227 e. The van der Waals surface area contributed by atoms with Crippen LogP contribution >= 0.6 is 0 Å². The van der Waals surface area contributed by atoms with E-state index in [4.69, 9.17) is 5.73 Å². The molecule has 1 amide bonds. The second-order valence-electron chi connectivity index (χ2n) is 14.4. The number of alkyl halides is 1. The molecule has 8 heteroatoms. The van der Waals surface area contributed by atoms with Crippen LogP contribution in [0.3, 0.4) is 0 Å². The molecule has 0 aromatic heterocycles. The van der Waals surface area contributed by atoms with Gasteiger partial charge in [-0.05, 0) is 75.9 Å². The first kappa shape index (κ1) is 30.7. The number of hydrogen-bond acceptors (Lipinski definition) is 6. The van der Waals surface area contributed by atoms with Gasteiger partial charge in [-0.25, -0.2) is 4.39 Å². The van der Waals surface area contributed by atoms with E-state index in [2.05, 4.69) is 46.5 Å². The zero-order valence-electron chi connectivity index (χ0n) is 25.7. The van der Waals surface area contributed by atoms with E-state index < -0.39 is 18.3 Å². The number of nitrogens with one attached hydrogen (secondary N) is 3. The molecule has 5 fully saturated rings. The van der Waals surface area contributed by atoms with Crippen LogP contribution in [0.4, 0.5) is 4.39 Å². The van der Waals surface area contributed by atoms with E-state index in [1.165, 1.54) is 51.4 Å². The Morgan fingerprint density at radius 1 is 1.02 bits per heavy atom. The molecule has 7 nitrogen and oxygen atoms in total. The van der Waals surface area contributed by atoms with E-state index in [1.54, 1.807) is 0 Å². The van der Waals surface area contributed by atoms with Gasteiger partial charge < -0.3 is 16.4 Å². The Balaban J connectivity index is 1.37. The number of rotatable bonds is 6. The quantitative estimate of drug-likeness (QED) is 0.396. The summed E-state index contributed by atoms with van der Waals surface area (Å²) in [7, 11) is 0. The lowest BCUT2D eigenvalue weighted by Gasteiger charge is -2.52. The normalized spacial score (nSPS) is 44.3. The summed E-state index contributed by atoms with van der Waals surface area (Å²) < 4.78 is 15.1. The van der Waals surface area contributed by atoms with Crippen LogP contribution in [0.25, 0.3) is 0 Å². The van der Waals surface area contributed by atoms with Gasteiger partial charge in [-0.15, -0.1) is 0 Å². The second-order valence-corrected chi connectivity index (χ2v) is 14.4. The summed E-state index contributed by atoms with van der Waals surface area (Å²) in [4.78, 5) is 19.3. The molecule has 10 atom stereocenters. The Morgan fingerprint density at radius 2 is 1.75 bits per heavy atom. The van der Waals surface area contributed by atoms with E-state index in [9.17, 15) is 4.79 Å². The monoisotopic (exact) mass is 562 g/mol. The Morgan fingerprint density at radius 3 is 2.48 bits per heavy atom. The number of hydrogen-bond donors (Lipinski definition) is 4. The van der Waals surface area contributed by atoms with Crippen molar-refractivity contribution in [3.8, 4) is 0 Å². The molecular formula is C32H59FN6O. The Hall–Kier alpha value is -0.800. The molecule has 1 saturated carbocycles. The number of nitrogens with zero attached hydrogens (tertiary/aromatic N) is 2. The van der Waals surface area contributed by atoms with Gasteiger partial charge in [-0.3, -0.25) is 19.9 Å². The zero-order chi connectivity index (χ0) is 28.3. The maximum absolute atomic E-state index is 15.1. The van der Waals surface area contributed by atoms with E-state index in [0.717, 1.165) is 57.9 Å². The second kappa shape index (κ2) is 13.7. The molecule has 0 radical (unpaired) electrons. The predicted molar refractivity (Wildman–Crippen MR) is 161 cm³/mol. The van der Waals surface area contributed by atoms with Crippen molar-refractivity contribution in [2.24, 2.45) is 28.9 Å². The molecule has 10 unspecified atom stereocenters. The largest absolute Gasteiger partial charge is 0.350 e. The van der Waals surface area contributed by atoms with Crippen LogP contribution in [0, 0.1) is 23.2 Å². The lowest BCUT2D eigenvalue weighted by molar-refractivity contribution is -0.132. The SMILES string of the molecule is CCCC1(C)CN2CC(F)CCC1NC(N)C(C(=O)NC1CNCC(C3CCCCC3)C1N1CCCCC1)C2C. The highest BCUT2D eigenvalue weighted by Gasteiger charge is 2.48. The fourth-order valence-electron chi connectivity index (χ4n) is 9.46. The minimum atomic E-state index is -0.863. The van der Waals surface area contributed by atoms with Gasteiger partial charge in [0, 0.05) is 37.8 Å². The zero-order valence-corrected chi connectivity index (χ0v) is 25.7. The average Bonchev–Trinajstić information content (AvgIpc) is 2.95. The molecule has 5 aliphatic rings. The highest BCUT2D eigenvalue weighted by molar-refractivity contribution is 5.80. The van der Waals surface area contributed by atoms with Gasteiger partial charge in [0.2, 0.25) is 5.91 Å². The van der Waals surface area contributed by atoms with Crippen LogP contribution in [0.1, 0.15) is 97.8 Å². The van der Waals surface area contributed by atoms with Crippen molar-refractivity contribution >= 4 is 5.91 Å². The molecule has 4 heterocycles. The van der Waals surface area contributed by atoms with Crippen molar-refractivity contribution in [3.63, 3.8) is 0 Å². The van der Waals surface area contributed by atoms with Crippen LogP contribution in [-0.4, -0.2) is 91.5 Å². The van der Waals surface area contributed by atoms with Crippen molar-refractivity contribution in [1.29, 1.82) is 0 Å². The van der Waals surface area contributed by atoms with Gasteiger partial charge in [-0.1, -0.05) is 58.8 Å². The highest BCUT2D eigenvalue weighted by Crippen LogP contribution is 2.39. The molecule has 0 aromatic carbocycles. The fourth-order valence-corrected chi connectivity index (χ4v) is 9.46. The summed E-state index contributed by atoms with van der Waals surface area (Å²) in [6, 6.07) is 0.439. The third kappa shape index (κ3) is 6.72.